The molecular weight excluding hydrogens is 350 g/mol. The SMILES string of the molecule is Cc1ccc(/C=N/NC(=O)COc2ccc(-c3ccc(C#N)cc3)cc2)cc1. The van der Waals surface area contributed by atoms with E-state index >= 15 is 0 Å². The molecule has 28 heavy (non-hydrogen) atoms. The Balaban J connectivity index is 1.49. The smallest absolute Gasteiger partial charge is 0.277 e. The number of nitrogens with one attached hydrogen (secondary N) is 1. The minimum Gasteiger partial charge on any atom is -0.484 e. The first-order valence-electron chi connectivity index (χ1n) is 8.76. The minimum atomic E-state index is -0.334. The standard InChI is InChI=1S/C23H19N3O2/c1-17-2-4-19(5-3-17)15-25-26-23(27)16-28-22-12-10-21(11-13-22)20-8-6-18(14-24)7-9-20/h2-13,15H,16H2,1H3,(H,26,27)/b25-15+. The molecule has 0 aliphatic heterocycles. The normalized spacial score (nSPS) is 10.4. The molecule has 0 radical (unpaired) electrons. The number of hydrogen-bond acceptors (Lipinski definition) is 4. The van der Waals surface area contributed by atoms with Crippen molar-refractivity contribution in [1.82, 2.24) is 5.43 Å². The van der Waals surface area contributed by atoms with E-state index in [0.717, 1.165) is 16.7 Å². The third-order valence-corrected chi connectivity index (χ3v) is 4.05. The number of nitriles is 1. The van der Waals surface area contributed by atoms with Gasteiger partial charge in [-0.2, -0.15) is 10.4 Å². The molecule has 0 bridgehead atoms. The van der Waals surface area contributed by atoms with Crippen LogP contribution in [0.25, 0.3) is 11.1 Å². The molecule has 0 saturated carbocycles. The average Bonchev–Trinajstić information content (AvgIpc) is 2.74. The van der Waals surface area contributed by atoms with Crippen LogP contribution in [0.1, 0.15) is 16.7 Å². The first-order valence-corrected chi connectivity index (χ1v) is 8.76. The molecule has 0 atom stereocenters. The zero-order chi connectivity index (χ0) is 19.8. The number of carbonyl (C=O) groups excluding carboxylic acids is 1. The third kappa shape index (κ3) is 5.29. The van der Waals surface area contributed by atoms with Crippen molar-refractivity contribution in [2.24, 2.45) is 5.10 Å². The van der Waals surface area contributed by atoms with E-state index in [-0.39, 0.29) is 12.5 Å². The number of aryl methyl sites for hydroxylation is 1. The predicted molar refractivity (Wildman–Crippen MR) is 109 cm³/mol. The Bertz CT molecular complexity index is 1000. The average molecular weight is 369 g/mol. The summed E-state index contributed by atoms with van der Waals surface area (Å²) in [6.45, 7) is 1.89. The van der Waals surface area contributed by atoms with Crippen LogP contribution >= 0.6 is 0 Å². The first-order chi connectivity index (χ1) is 13.6. The lowest BCUT2D eigenvalue weighted by molar-refractivity contribution is -0.123. The molecule has 3 aromatic rings. The number of benzene rings is 3. The fraction of sp³-hybridized carbons (Fsp3) is 0.0870. The molecule has 0 heterocycles. The second-order valence-corrected chi connectivity index (χ2v) is 6.21. The van der Waals surface area contributed by atoms with Crippen molar-refractivity contribution in [3.05, 3.63) is 89.5 Å². The summed E-state index contributed by atoms with van der Waals surface area (Å²) in [5.41, 5.74) is 7.15. The molecule has 0 aliphatic rings. The highest BCUT2D eigenvalue weighted by Crippen LogP contribution is 2.22. The second-order valence-electron chi connectivity index (χ2n) is 6.21. The summed E-state index contributed by atoms with van der Waals surface area (Å²) < 4.78 is 5.48. The summed E-state index contributed by atoms with van der Waals surface area (Å²) in [7, 11) is 0. The molecule has 1 amide bonds. The van der Waals surface area contributed by atoms with E-state index in [1.807, 2.05) is 55.5 Å². The third-order valence-electron chi connectivity index (χ3n) is 4.05. The van der Waals surface area contributed by atoms with E-state index in [0.29, 0.717) is 11.3 Å². The van der Waals surface area contributed by atoms with E-state index in [4.69, 9.17) is 10.00 Å². The van der Waals surface area contributed by atoms with Crippen LogP contribution < -0.4 is 10.2 Å². The van der Waals surface area contributed by atoms with Crippen LogP contribution in [0.15, 0.2) is 77.9 Å². The van der Waals surface area contributed by atoms with Crippen LogP contribution in [0.2, 0.25) is 0 Å². The lowest BCUT2D eigenvalue weighted by Crippen LogP contribution is -2.24. The number of carbonyl (C=O) groups is 1. The van der Waals surface area contributed by atoms with Crippen molar-refractivity contribution >= 4 is 12.1 Å². The van der Waals surface area contributed by atoms with Gasteiger partial charge in [0.1, 0.15) is 5.75 Å². The summed E-state index contributed by atoms with van der Waals surface area (Å²) in [5.74, 6) is 0.259. The number of hydrazone groups is 1. The number of nitrogens with zero attached hydrogens (tertiary/aromatic N) is 2. The van der Waals surface area contributed by atoms with Gasteiger partial charge in [-0.15, -0.1) is 0 Å². The van der Waals surface area contributed by atoms with Gasteiger partial charge in [-0.05, 0) is 47.9 Å². The van der Waals surface area contributed by atoms with Crippen LogP contribution in [0.4, 0.5) is 0 Å². The summed E-state index contributed by atoms with van der Waals surface area (Å²) in [6, 6.07) is 24.7. The topological polar surface area (TPSA) is 74.5 Å². The Hall–Kier alpha value is -3.91. The molecule has 5 heteroatoms. The highest BCUT2D eigenvalue weighted by Gasteiger charge is 2.03. The molecular formula is C23H19N3O2. The first kappa shape index (κ1) is 18.9. The van der Waals surface area contributed by atoms with Gasteiger partial charge in [0.15, 0.2) is 6.61 Å². The van der Waals surface area contributed by atoms with Crippen LogP contribution in [-0.4, -0.2) is 18.7 Å². The quantitative estimate of drug-likeness (QED) is 0.526. The monoisotopic (exact) mass is 369 g/mol. The molecule has 0 unspecified atom stereocenters. The van der Waals surface area contributed by atoms with Gasteiger partial charge in [-0.25, -0.2) is 5.43 Å². The number of amides is 1. The summed E-state index contributed by atoms with van der Waals surface area (Å²) >= 11 is 0. The molecule has 0 aromatic heterocycles. The summed E-state index contributed by atoms with van der Waals surface area (Å²) in [4.78, 5) is 11.8. The van der Waals surface area contributed by atoms with Crippen LogP contribution in [0.5, 0.6) is 5.75 Å². The molecule has 0 fully saturated rings. The van der Waals surface area contributed by atoms with Gasteiger partial charge in [0, 0.05) is 0 Å². The summed E-state index contributed by atoms with van der Waals surface area (Å²) in [6.07, 6.45) is 1.59. The molecule has 0 saturated heterocycles. The van der Waals surface area contributed by atoms with Gasteiger partial charge in [-0.3, -0.25) is 4.79 Å². The van der Waals surface area contributed by atoms with Gasteiger partial charge in [0.05, 0.1) is 17.8 Å². The lowest BCUT2D eigenvalue weighted by Gasteiger charge is -2.07. The van der Waals surface area contributed by atoms with Crippen LogP contribution in [0.3, 0.4) is 0 Å². The zero-order valence-electron chi connectivity index (χ0n) is 15.4. The maximum Gasteiger partial charge on any atom is 0.277 e. The fourth-order valence-electron chi connectivity index (χ4n) is 2.49. The van der Waals surface area contributed by atoms with Crippen LogP contribution in [0, 0.1) is 18.3 Å². The molecule has 5 nitrogen and oxygen atoms in total. The van der Waals surface area contributed by atoms with Gasteiger partial charge in [0.25, 0.3) is 5.91 Å². The van der Waals surface area contributed by atoms with E-state index < -0.39 is 0 Å². The minimum absolute atomic E-state index is 0.124. The van der Waals surface area contributed by atoms with Crippen molar-refractivity contribution in [2.45, 2.75) is 6.92 Å². The highest BCUT2D eigenvalue weighted by molar-refractivity contribution is 5.83. The Kier molecular flexibility index (Phi) is 6.17. The molecule has 3 rings (SSSR count). The van der Waals surface area contributed by atoms with Gasteiger partial charge >= 0.3 is 0 Å². The van der Waals surface area contributed by atoms with E-state index in [1.165, 1.54) is 5.56 Å². The Labute approximate surface area is 163 Å². The van der Waals surface area contributed by atoms with E-state index in [2.05, 4.69) is 16.6 Å². The van der Waals surface area contributed by atoms with Gasteiger partial charge in [0.2, 0.25) is 0 Å². The van der Waals surface area contributed by atoms with Crippen LogP contribution in [-0.2, 0) is 4.79 Å². The lowest BCUT2D eigenvalue weighted by atomic mass is 10.0. The number of hydrogen-bond donors (Lipinski definition) is 1. The van der Waals surface area contributed by atoms with E-state index in [9.17, 15) is 4.79 Å². The molecule has 3 aromatic carbocycles. The predicted octanol–water partition coefficient (Wildman–Crippen LogP) is 4.06. The zero-order valence-corrected chi connectivity index (χ0v) is 15.4. The Morgan fingerprint density at radius 2 is 1.61 bits per heavy atom. The van der Waals surface area contributed by atoms with Crippen molar-refractivity contribution in [3.63, 3.8) is 0 Å². The number of ether oxygens (including phenoxy) is 1. The van der Waals surface area contributed by atoms with Crippen molar-refractivity contribution in [1.29, 1.82) is 5.26 Å². The summed E-state index contributed by atoms with van der Waals surface area (Å²) in [5, 5.41) is 12.8. The Morgan fingerprint density at radius 1 is 1.00 bits per heavy atom. The molecule has 138 valence electrons. The van der Waals surface area contributed by atoms with Gasteiger partial charge < -0.3 is 4.74 Å². The van der Waals surface area contributed by atoms with E-state index in [1.54, 1.807) is 30.5 Å². The van der Waals surface area contributed by atoms with Crippen molar-refractivity contribution in [3.8, 4) is 22.9 Å². The maximum atomic E-state index is 11.8. The molecule has 0 aliphatic carbocycles. The number of rotatable bonds is 6. The fourth-order valence-corrected chi connectivity index (χ4v) is 2.49. The molecule has 1 N–H and O–H groups in total. The van der Waals surface area contributed by atoms with Crippen molar-refractivity contribution in [2.75, 3.05) is 6.61 Å². The maximum absolute atomic E-state index is 11.8. The van der Waals surface area contributed by atoms with Crippen molar-refractivity contribution < 1.29 is 9.53 Å². The highest BCUT2D eigenvalue weighted by atomic mass is 16.5. The molecule has 0 spiro atoms. The largest absolute Gasteiger partial charge is 0.484 e. The van der Waals surface area contributed by atoms with Gasteiger partial charge in [-0.1, -0.05) is 54.1 Å². The Morgan fingerprint density at radius 3 is 2.21 bits per heavy atom. The second kappa shape index (κ2) is 9.15.